The molecule has 0 radical (unpaired) electrons. The summed E-state index contributed by atoms with van der Waals surface area (Å²) < 4.78 is 19.0. The minimum Gasteiger partial charge on any atom is -0.327 e. The summed E-state index contributed by atoms with van der Waals surface area (Å²) in [6.45, 7) is 12.4. The molecule has 3 heteroatoms. The Labute approximate surface area is 218 Å². The summed E-state index contributed by atoms with van der Waals surface area (Å²) in [4.78, 5) is 0. The normalized spacial score (nSPS) is 12.8. The smallest absolute Gasteiger partial charge is 0.290 e. The van der Waals surface area contributed by atoms with E-state index in [1.807, 2.05) is 20.8 Å². The van der Waals surface area contributed by atoms with Crippen molar-refractivity contribution < 1.29 is 14.2 Å². The van der Waals surface area contributed by atoms with Gasteiger partial charge in [0.15, 0.2) is 0 Å². The quantitative estimate of drug-likeness (QED) is 0.107. The van der Waals surface area contributed by atoms with Crippen LogP contribution in [0.3, 0.4) is 0 Å². The van der Waals surface area contributed by atoms with Gasteiger partial charge in [-0.2, -0.15) is 0 Å². The molecule has 35 heavy (non-hydrogen) atoms. The summed E-state index contributed by atoms with van der Waals surface area (Å²) in [6.07, 6.45) is 20.7. The first-order valence-corrected chi connectivity index (χ1v) is 15.2. The predicted molar refractivity (Wildman–Crippen MR) is 151 cm³/mol. The van der Waals surface area contributed by atoms with Crippen LogP contribution in [-0.2, 0) is 20.6 Å². The Hall–Kier alpha value is -0.900. The zero-order chi connectivity index (χ0) is 25.6. The molecule has 1 unspecified atom stereocenters. The van der Waals surface area contributed by atoms with Crippen molar-refractivity contribution in [1.29, 1.82) is 0 Å². The zero-order valence-electron chi connectivity index (χ0n) is 24.0. The Bertz CT molecular complexity index is 583. The predicted octanol–water partition coefficient (Wildman–Crippen LogP) is 9.97. The van der Waals surface area contributed by atoms with Gasteiger partial charge in [0.25, 0.3) is 5.97 Å². The lowest BCUT2D eigenvalue weighted by atomic mass is 9.85. The van der Waals surface area contributed by atoms with Crippen molar-refractivity contribution in [2.45, 2.75) is 149 Å². The van der Waals surface area contributed by atoms with E-state index in [4.69, 9.17) is 14.2 Å². The van der Waals surface area contributed by atoms with Gasteiger partial charge in [0.05, 0.1) is 5.92 Å². The second-order valence-corrected chi connectivity index (χ2v) is 9.94. The van der Waals surface area contributed by atoms with Gasteiger partial charge in [-0.1, -0.05) is 122 Å². The third-order valence-corrected chi connectivity index (χ3v) is 7.04. The Kier molecular flexibility index (Phi) is 19.5. The number of hydrogen-bond donors (Lipinski definition) is 0. The lowest BCUT2D eigenvalue weighted by Gasteiger charge is -2.40. The van der Waals surface area contributed by atoms with Crippen LogP contribution >= 0.6 is 0 Å². The van der Waals surface area contributed by atoms with Crippen molar-refractivity contribution in [1.82, 2.24) is 0 Å². The van der Waals surface area contributed by atoms with Crippen molar-refractivity contribution in [2.24, 2.45) is 0 Å². The summed E-state index contributed by atoms with van der Waals surface area (Å²) in [5.41, 5.74) is 2.80. The van der Waals surface area contributed by atoms with E-state index < -0.39 is 5.97 Å². The molecule has 1 rings (SSSR count). The van der Waals surface area contributed by atoms with Gasteiger partial charge < -0.3 is 14.2 Å². The van der Waals surface area contributed by atoms with E-state index in [1.54, 1.807) is 0 Å². The van der Waals surface area contributed by atoms with E-state index in [1.165, 1.54) is 101 Å². The van der Waals surface area contributed by atoms with Gasteiger partial charge in [-0.05, 0) is 51.2 Å². The van der Waals surface area contributed by atoms with Crippen LogP contribution in [0.15, 0.2) is 24.3 Å². The number of rotatable bonds is 24. The molecule has 0 saturated heterocycles. The summed E-state index contributed by atoms with van der Waals surface area (Å²) in [7, 11) is 0. The van der Waals surface area contributed by atoms with Crippen LogP contribution in [0, 0.1) is 0 Å². The largest absolute Gasteiger partial charge is 0.327 e. The highest BCUT2D eigenvalue weighted by Crippen LogP contribution is 2.40. The van der Waals surface area contributed by atoms with Crippen LogP contribution in [0.5, 0.6) is 0 Å². The van der Waals surface area contributed by atoms with Crippen molar-refractivity contribution in [3.63, 3.8) is 0 Å². The van der Waals surface area contributed by atoms with E-state index >= 15 is 0 Å². The monoisotopic (exact) mass is 490 g/mol. The van der Waals surface area contributed by atoms with E-state index in [9.17, 15) is 0 Å². The molecule has 0 aliphatic heterocycles. The van der Waals surface area contributed by atoms with Crippen LogP contribution in [-0.4, -0.2) is 25.8 Å². The molecular formula is C32H58O3. The van der Waals surface area contributed by atoms with Gasteiger partial charge >= 0.3 is 0 Å². The first-order chi connectivity index (χ1) is 17.2. The van der Waals surface area contributed by atoms with E-state index in [0.29, 0.717) is 19.8 Å². The molecule has 1 atom stereocenters. The highest BCUT2D eigenvalue weighted by molar-refractivity contribution is 5.32. The van der Waals surface area contributed by atoms with Crippen molar-refractivity contribution in [3.8, 4) is 0 Å². The van der Waals surface area contributed by atoms with Gasteiger partial charge in [-0.25, -0.2) is 0 Å². The van der Waals surface area contributed by atoms with Gasteiger partial charge in [0.2, 0.25) is 0 Å². The molecule has 0 aromatic heterocycles. The van der Waals surface area contributed by atoms with Crippen LogP contribution in [0.4, 0.5) is 0 Å². The molecule has 0 aliphatic carbocycles. The lowest BCUT2D eigenvalue weighted by molar-refractivity contribution is -0.389. The second kappa shape index (κ2) is 21.2. The number of hydrogen-bond acceptors (Lipinski definition) is 3. The molecular weight excluding hydrogens is 432 g/mol. The number of benzene rings is 1. The maximum absolute atomic E-state index is 6.32. The molecule has 1 aromatic carbocycles. The standard InChI is InChI=1S/C32H58O3/c1-6-11-13-15-17-18-19-21-25-29-26-23-24-27-30(29)31(28-22-20-16-14-12-7-2)32(33-8-3,34-9-4)35-10-5/h23-24,26-27,31H,6-22,25,28H2,1-5H3. The molecule has 0 spiro atoms. The Morgan fingerprint density at radius 2 is 1.03 bits per heavy atom. The first-order valence-electron chi connectivity index (χ1n) is 15.2. The zero-order valence-corrected chi connectivity index (χ0v) is 24.0. The fourth-order valence-electron chi connectivity index (χ4n) is 5.23. The maximum Gasteiger partial charge on any atom is 0.290 e. The lowest BCUT2D eigenvalue weighted by Crippen LogP contribution is -2.45. The molecule has 1 aromatic rings. The Balaban J connectivity index is 2.96. The van der Waals surface area contributed by atoms with Crippen LogP contribution in [0.2, 0.25) is 0 Å². The summed E-state index contributed by atoms with van der Waals surface area (Å²) in [5.74, 6) is -0.921. The maximum atomic E-state index is 6.32. The molecule has 0 amide bonds. The number of ether oxygens (including phenoxy) is 3. The second-order valence-electron chi connectivity index (χ2n) is 9.94. The number of unbranched alkanes of at least 4 members (excludes halogenated alkanes) is 12. The summed E-state index contributed by atoms with van der Waals surface area (Å²) in [5, 5.41) is 0. The number of aryl methyl sites for hydroxylation is 1. The van der Waals surface area contributed by atoms with Crippen molar-refractivity contribution >= 4 is 0 Å². The van der Waals surface area contributed by atoms with E-state index in [2.05, 4.69) is 38.1 Å². The van der Waals surface area contributed by atoms with Crippen molar-refractivity contribution in [3.05, 3.63) is 35.4 Å². The first kappa shape index (κ1) is 32.1. The third-order valence-electron chi connectivity index (χ3n) is 7.04. The summed E-state index contributed by atoms with van der Waals surface area (Å²) >= 11 is 0. The molecule has 204 valence electrons. The molecule has 0 N–H and O–H groups in total. The van der Waals surface area contributed by atoms with E-state index in [0.717, 1.165) is 12.8 Å². The van der Waals surface area contributed by atoms with Gasteiger partial charge in [0.1, 0.15) is 0 Å². The molecule has 0 fully saturated rings. The molecule has 3 nitrogen and oxygen atoms in total. The Morgan fingerprint density at radius 3 is 1.54 bits per heavy atom. The molecule has 0 heterocycles. The van der Waals surface area contributed by atoms with Crippen LogP contribution in [0.1, 0.15) is 148 Å². The molecule has 0 bridgehead atoms. The topological polar surface area (TPSA) is 27.7 Å². The van der Waals surface area contributed by atoms with Gasteiger partial charge in [-0.3, -0.25) is 0 Å². The van der Waals surface area contributed by atoms with E-state index in [-0.39, 0.29) is 5.92 Å². The Morgan fingerprint density at radius 1 is 0.571 bits per heavy atom. The fourth-order valence-corrected chi connectivity index (χ4v) is 5.23. The van der Waals surface area contributed by atoms with Crippen LogP contribution < -0.4 is 0 Å². The molecule has 0 aliphatic rings. The summed E-state index contributed by atoms with van der Waals surface area (Å²) in [6, 6.07) is 8.98. The van der Waals surface area contributed by atoms with Gasteiger partial charge in [-0.15, -0.1) is 0 Å². The molecule has 0 saturated carbocycles. The van der Waals surface area contributed by atoms with Crippen molar-refractivity contribution in [2.75, 3.05) is 19.8 Å². The highest BCUT2D eigenvalue weighted by atomic mass is 16.9. The average Bonchev–Trinajstić information content (AvgIpc) is 2.86. The van der Waals surface area contributed by atoms with Gasteiger partial charge in [0, 0.05) is 19.8 Å². The fraction of sp³-hybridized carbons (Fsp3) is 0.812. The average molecular weight is 491 g/mol. The third kappa shape index (κ3) is 12.8. The minimum atomic E-state index is -1.00. The minimum absolute atomic E-state index is 0.0822. The highest BCUT2D eigenvalue weighted by Gasteiger charge is 2.43. The van der Waals surface area contributed by atoms with Crippen LogP contribution in [0.25, 0.3) is 0 Å². The SMILES string of the molecule is CCCCCCCCCCc1ccccc1C(CCCCCCCC)C(OCC)(OCC)OCC.